The van der Waals surface area contributed by atoms with Crippen molar-refractivity contribution in [3.8, 4) is 22.9 Å². The van der Waals surface area contributed by atoms with Gasteiger partial charge in [0.15, 0.2) is 5.82 Å². The van der Waals surface area contributed by atoms with Gasteiger partial charge < -0.3 is 14.9 Å². The monoisotopic (exact) mass is 437 g/mol. The van der Waals surface area contributed by atoms with Crippen LogP contribution in [0.3, 0.4) is 0 Å². The zero-order chi connectivity index (χ0) is 20.3. The molecule has 3 N–H and O–H groups in total. The SMILES string of the molecule is COc1ccc(Cl)cc1-c1nc(S/C(=C\c2cc(Cl)ccc2O)C(=O)O)n[nH]1. The van der Waals surface area contributed by atoms with E-state index in [1.807, 2.05) is 0 Å². The minimum absolute atomic E-state index is 0.0944. The Morgan fingerprint density at radius 2 is 1.93 bits per heavy atom. The van der Waals surface area contributed by atoms with Gasteiger partial charge >= 0.3 is 5.97 Å². The number of halogens is 2. The van der Waals surface area contributed by atoms with Crippen LogP contribution in [0.5, 0.6) is 11.5 Å². The number of carbonyl (C=O) groups is 1. The number of hydrogen-bond acceptors (Lipinski definition) is 6. The number of nitrogens with zero attached hydrogens (tertiary/aromatic N) is 2. The van der Waals surface area contributed by atoms with Crippen LogP contribution < -0.4 is 4.74 Å². The van der Waals surface area contributed by atoms with E-state index >= 15 is 0 Å². The number of benzene rings is 2. The molecule has 0 fully saturated rings. The van der Waals surface area contributed by atoms with Crippen LogP contribution in [0, 0.1) is 0 Å². The molecule has 2 aromatic carbocycles. The van der Waals surface area contributed by atoms with Crippen LogP contribution >= 0.6 is 35.0 Å². The Morgan fingerprint density at radius 1 is 1.21 bits per heavy atom. The lowest BCUT2D eigenvalue weighted by Crippen LogP contribution is -1.97. The maximum Gasteiger partial charge on any atom is 0.342 e. The third-order valence-corrected chi connectivity index (χ3v) is 4.92. The molecule has 0 radical (unpaired) electrons. The number of thioether (sulfide) groups is 1. The zero-order valence-corrected chi connectivity index (χ0v) is 16.6. The number of H-pyrrole nitrogens is 1. The average Bonchev–Trinajstić information content (AvgIpc) is 3.12. The van der Waals surface area contributed by atoms with Gasteiger partial charge in [-0.05, 0) is 54.2 Å². The molecule has 1 aromatic heterocycles. The number of ether oxygens (including phenoxy) is 1. The van der Waals surface area contributed by atoms with E-state index in [0.717, 1.165) is 11.8 Å². The second kappa shape index (κ2) is 8.55. The lowest BCUT2D eigenvalue weighted by Gasteiger charge is -2.05. The van der Waals surface area contributed by atoms with Crippen molar-refractivity contribution in [3.05, 3.63) is 56.9 Å². The highest BCUT2D eigenvalue weighted by atomic mass is 35.5. The first-order valence-electron chi connectivity index (χ1n) is 7.75. The van der Waals surface area contributed by atoms with E-state index < -0.39 is 5.97 Å². The molecule has 0 saturated carbocycles. The Bertz CT molecular complexity index is 1070. The number of phenolic OH excluding ortho intramolecular Hbond substituents is 1. The van der Waals surface area contributed by atoms with E-state index in [0.29, 0.717) is 27.2 Å². The molecule has 0 atom stereocenters. The summed E-state index contributed by atoms with van der Waals surface area (Å²) in [6, 6.07) is 9.38. The fraction of sp³-hybridized carbons (Fsp3) is 0.0556. The summed E-state index contributed by atoms with van der Waals surface area (Å²) in [5.74, 6) is -0.383. The number of aromatic hydroxyl groups is 1. The van der Waals surface area contributed by atoms with Gasteiger partial charge in [0.1, 0.15) is 16.4 Å². The minimum Gasteiger partial charge on any atom is -0.507 e. The molecule has 1 heterocycles. The molecular weight excluding hydrogens is 425 g/mol. The van der Waals surface area contributed by atoms with E-state index in [1.54, 1.807) is 18.2 Å². The maximum atomic E-state index is 11.6. The molecule has 0 aliphatic carbocycles. The highest BCUT2D eigenvalue weighted by Gasteiger charge is 2.17. The van der Waals surface area contributed by atoms with Crippen molar-refractivity contribution in [2.75, 3.05) is 7.11 Å². The highest BCUT2D eigenvalue weighted by molar-refractivity contribution is 8.04. The van der Waals surface area contributed by atoms with Gasteiger partial charge in [0.2, 0.25) is 5.16 Å². The Morgan fingerprint density at radius 3 is 2.64 bits per heavy atom. The Hall–Kier alpha value is -2.68. The normalized spacial score (nSPS) is 11.5. The van der Waals surface area contributed by atoms with Crippen LogP contribution in [-0.2, 0) is 4.79 Å². The van der Waals surface area contributed by atoms with Crippen molar-refractivity contribution >= 4 is 47.0 Å². The fourth-order valence-corrected chi connectivity index (χ4v) is 3.34. The molecule has 3 rings (SSSR count). The molecule has 0 amide bonds. The molecule has 144 valence electrons. The number of aromatic nitrogens is 3. The number of nitrogens with one attached hydrogen (secondary N) is 1. The molecule has 0 spiro atoms. The van der Waals surface area contributed by atoms with Crippen LogP contribution in [0.1, 0.15) is 5.56 Å². The van der Waals surface area contributed by atoms with E-state index in [1.165, 1.54) is 31.4 Å². The summed E-state index contributed by atoms with van der Waals surface area (Å²) in [6.07, 6.45) is 1.30. The molecule has 28 heavy (non-hydrogen) atoms. The first-order valence-corrected chi connectivity index (χ1v) is 9.32. The summed E-state index contributed by atoms with van der Waals surface area (Å²) >= 11 is 12.8. The van der Waals surface area contributed by atoms with Crippen LogP contribution in [0.4, 0.5) is 0 Å². The predicted molar refractivity (Wildman–Crippen MR) is 108 cm³/mol. The van der Waals surface area contributed by atoms with Gasteiger partial charge in [-0.25, -0.2) is 9.78 Å². The van der Waals surface area contributed by atoms with Crippen molar-refractivity contribution in [2.45, 2.75) is 5.16 Å². The standard InChI is InChI=1S/C18H13Cl2N3O4S/c1-27-14-5-3-11(20)8-12(14)16-21-18(23-22-16)28-15(17(25)26)7-9-6-10(19)2-4-13(9)24/h2-8,24H,1H3,(H,25,26)(H,21,22,23)/b15-7-. The van der Waals surface area contributed by atoms with Gasteiger partial charge in [-0.3, -0.25) is 5.10 Å². The predicted octanol–water partition coefficient (Wildman–Crippen LogP) is 4.71. The Labute approximate surface area is 174 Å². The van der Waals surface area contributed by atoms with E-state index in [2.05, 4.69) is 15.2 Å². The fourth-order valence-electron chi connectivity index (χ4n) is 2.29. The smallest absolute Gasteiger partial charge is 0.342 e. The van der Waals surface area contributed by atoms with Crippen LogP contribution in [0.15, 0.2) is 46.5 Å². The molecule has 0 aliphatic heterocycles. The number of aromatic amines is 1. The van der Waals surface area contributed by atoms with Crippen molar-refractivity contribution in [2.24, 2.45) is 0 Å². The Kier molecular flexibility index (Phi) is 6.13. The third kappa shape index (κ3) is 4.59. The zero-order valence-electron chi connectivity index (χ0n) is 14.3. The third-order valence-electron chi connectivity index (χ3n) is 3.57. The first-order chi connectivity index (χ1) is 13.4. The number of hydrogen-bond donors (Lipinski definition) is 3. The second-order valence-corrected chi connectivity index (χ2v) is 7.31. The Balaban J connectivity index is 1.92. The molecule has 3 aromatic rings. The number of carboxylic acid groups (broad SMARTS) is 1. The van der Waals surface area contributed by atoms with Crippen molar-refractivity contribution < 1.29 is 19.7 Å². The maximum absolute atomic E-state index is 11.6. The molecule has 0 unspecified atom stereocenters. The van der Waals surface area contributed by atoms with Gasteiger partial charge in [0.05, 0.1) is 12.7 Å². The largest absolute Gasteiger partial charge is 0.507 e. The van der Waals surface area contributed by atoms with Gasteiger partial charge in [-0.15, -0.1) is 5.10 Å². The van der Waals surface area contributed by atoms with Crippen molar-refractivity contribution in [1.82, 2.24) is 15.2 Å². The molecular formula is C18H13Cl2N3O4S. The lowest BCUT2D eigenvalue weighted by molar-refractivity contribution is -0.131. The highest BCUT2D eigenvalue weighted by Crippen LogP contribution is 2.33. The summed E-state index contributed by atoms with van der Waals surface area (Å²) in [6.45, 7) is 0. The van der Waals surface area contributed by atoms with Crippen LogP contribution in [0.25, 0.3) is 17.5 Å². The van der Waals surface area contributed by atoms with Crippen molar-refractivity contribution in [3.63, 3.8) is 0 Å². The summed E-state index contributed by atoms with van der Waals surface area (Å²) in [7, 11) is 1.52. The van der Waals surface area contributed by atoms with Crippen molar-refractivity contribution in [1.29, 1.82) is 0 Å². The average molecular weight is 438 g/mol. The number of rotatable bonds is 6. The number of methoxy groups -OCH3 is 1. The van der Waals surface area contributed by atoms with Crippen LogP contribution in [-0.4, -0.2) is 38.5 Å². The van der Waals surface area contributed by atoms with Gasteiger partial charge in [-0.1, -0.05) is 23.2 Å². The second-order valence-electron chi connectivity index (χ2n) is 5.43. The minimum atomic E-state index is -1.20. The summed E-state index contributed by atoms with van der Waals surface area (Å²) in [5, 5.41) is 27.2. The number of aliphatic carboxylic acids is 1. The number of phenols is 1. The van der Waals surface area contributed by atoms with E-state index in [9.17, 15) is 15.0 Å². The molecule has 10 heteroatoms. The summed E-state index contributed by atoms with van der Waals surface area (Å²) in [5.41, 5.74) is 0.854. The molecule has 0 saturated heterocycles. The summed E-state index contributed by atoms with van der Waals surface area (Å²) in [4.78, 5) is 15.8. The molecule has 7 nitrogen and oxygen atoms in total. The van der Waals surface area contributed by atoms with E-state index in [-0.39, 0.29) is 21.4 Å². The van der Waals surface area contributed by atoms with Gasteiger partial charge in [0.25, 0.3) is 0 Å². The summed E-state index contributed by atoms with van der Waals surface area (Å²) < 4.78 is 5.29. The quantitative estimate of drug-likeness (QED) is 0.378. The number of carboxylic acids is 1. The molecule has 0 bridgehead atoms. The topological polar surface area (TPSA) is 108 Å². The van der Waals surface area contributed by atoms with Gasteiger partial charge in [-0.2, -0.15) is 0 Å². The van der Waals surface area contributed by atoms with Crippen LogP contribution in [0.2, 0.25) is 10.0 Å². The van der Waals surface area contributed by atoms with Gasteiger partial charge in [0, 0.05) is 15.6 Å². The van der Waals surface area contributed by atoms with E-state index in [4.69, 9.17) is 27.9 Å². The lowest BCUT2D eigenvalue weighted by atomic mass is 10.2. The molecule has 0 aliphatic rings. The first kappa shape index (κ1) is 20.1.